The lowest BCUT2D eigenvalue weighted by Gasteiger charge is -2.26. The maximum absolute atomic E-state index is 13.1. The molecule has 150 valence electrons. The van der Waals surface area contributed by atoms with Crippen LogP contribution < -0.4 is 10.3 Å². The number of fused-ring (bicyclic) bond motifs is 3. The van der Waals surface area contributed by atoms with Crippen molar-refractivity contribution in [3.05, 3.63) is 86.0 Å². The quantitative estimate of drug-likeness (QED) is 0.485. The maximum atomic E-state index is 13.1. The number of rotatable bonds is 4. The lowest BCUT2D eigenvalue weighted by atomic mass is 9.83. The first-order chi connectivity index (χ1) is 14.5. The zero-order valence-electron chi connectivity index (χ0n) is 16.4. The Bertz CT molecular complexity index is 1280. The van der Waals surface area contributed by atoms with Crippen molar-refractivity contribution in [3.63, 3.8) is 0 Å². The van der Waals surface area contributed by atoms with Gasteiger partial charge in [0.25, 0.3) is 5.56 Å². The van der Waals surface area contributed by atoms with Gasteiger partial charge < -0.3 is 14.5 Å². The minimum Gasteiger partial charge on any atom is -0.483 e. The molecule has 1 atom stereocenters. The van der Waals surface area contributed by atoms with Gasteiger partial charge in [-0.1, -0.05) is 35.4 Å². The normalized spacial score (nSPS) is 15.7. The standard InChI is InChI=1S/C23H18ClN3O3/c1-3-29-12-26-23-17(11-25)19(14-5-7-15(24)8-6-14)20-21(30-23)16-10-13(2)4-9-18(16)27-22(20)28/h4-10,12,19H,3H2,1-2H3,(H,27,28)/b26-12+. The van der Waals surface area contributed by atoms with Crippen LogP contribution in [0.5, 0.6) is 5.75 Å². The van der Waals surface area contributed by atoms with Crippen LogP contribution in [0.2, 0.25) is 5.02 Å². The van der Waals surface area contributed by atoms with Gasteiger partial charge in [-0.2, -0.15) is 10.3 Å². The molecule has 1 unspecified atom stereocenters. The molecule has 0 spiro atoms. The van der Waals surface area contributed by atoms with E-state index in [4.69, 9.17) is 21.1 Å². The molecule has 1 aromatic heterocycles. The Morgan fingerprint density at radius 3 is 2.77 bits per heavy atom. The number of aromatic nitrogens is 1. The first-order valence-electron chi connectivity index (χ1n) is 9.41. The Morgan fingerprint density at radius 1 is 1.30 bits per heavy atom. The number of hydrogen-bond acceptors (Lipinski definition) is 5. The predicted molar refractivity (Wildman–Crippen MR) is 116 cm³/mol. The number of benzene rings is 2. The maximum Gasteiger partial charge on any atom is 0.256 e. The highest BCUT2D eigenvalue weighted by Crippen LogP contribution is 2.44. The molecule has 0 saturated heterocycles. The summed E-state index contributed by atoms with van der Waals surface area (Å²) in [6.07, 6.45) is 1.25. The summed E-state index contributed by atoms with van der Waals surface area (Å²) in [5.74, 6) is -0.162. The van der Waals surface area contributed by atoms with Crippen molar-refractivity contribution in [1.29, 1.82) is 5.26 Å². The number of aromatic amines is 1. The van der Waals surface area contributed by atoms with Crippen molar-refractivity contribution >= 4 is 28.9 Å². The largest absolute Gasteiger partial charge is 0.483 e. The second kappa shape index (κ2) is 8.05. The Balaban J connectivity index is 2.04. The summed E-state index contributed by atoms with van der Waals surface area (Å²) in [5.41, 5.74) is 2.66. The van der Waals surface area contributed by atoms with Gasteiger partial charge in [0, 0.05) is 10.4 Å². The number of nitrogens with zero attached hydrogens (tertiary/aromatic N) is 2. The number of halogens is 1. The van der Waals surface area contributed by atoms with E-state index in [1.807, 2.05) is 32.0 Å². The fourth-order valence-electron chi connectivity index (χ4n) is 3.54. The van der Waals surface area contributed by atoms with Crippen LogP contribution in [-0.4, -0.2) is 18.0 Å². The van der Waals surface area contributed by atoms with Crippen LogP contribution in [0.1, 0.15) is 29.5 Å². The highest BCUT2D eigenvalue weighted by molar-refractivity contribution is 6.30. The molecule has 1 N–H and O–H groups in total. The van der Waals surface area contributed by atoms with Gasteiger partial charge >= 0.3 is 0 Å². The number of aliphatic imine (C=N–C) groups is 1. The number of aryl methyl sites for hydroxylation is 1. The minimum atomic E-state index is -0.654. The molecule has 2 aromatic carbocycles. The van der Waals surface area contributed by atoms with E-state index in [9.17, 15) is 10.1 Å². The molecule has 0 fully saturated rings. The Labute approximate surface area is 178 Å². The highest BCUT2D eigenvalue weighted by atomic mass is 35.5. The molecule has 3 aromatic rings. The second-order valence-corrected chi connectivity index (χ2v) is 7.29. The first kappa shape index (κ1) is 19.7. The summed E-state index contributed by atoms with van der Waals surface area (Å²) in [5, 5.41) is 11.2. The Kier molecular flexibility index (Phi) is 5.30. The average Bonchev–Trinajstić information content (AvgIpc) is 2.74. The van der Waals surface area contributed by atoms with Gasteiger partial charge in [0.15, 0.2) is 6.40 Å². The van der Waals surface area contributed by atoms with Crippen LogP contribution >= 0.6 is 11.6 Å². The average molecular weight is 420 g/mol. The summed E-state index contributed by atoms with van der Waals surface area (Å²) in [4.78, 5) is 20.2. The van der Waals surface area contributed by atoms with E-state index in [-0.39, 0.29) is 17.0 Å². The molecule has 0 amide bonds. The van der Waals surface area contributed by atoms with Crippen LogP contribution in [0.15, 0.2) is 63.7 Å². The monoisotopic (exact) mass is 419 g/mol. The van der Waals surface area contributed by atoms with E-state index in [2.05, 4.69) is 16.0 Å². The third-order valence-corrected chi connectivity index (χ3v) is 5.15. The van der Waals surface area contributed by atoms with E-state index >= 15 is 0 Å². The number of allylic oxidation sites excluding steroid dienone is 1. The summed E-state index contributed by atoms with van der Waals surface area (Å²) >= 11 is 6.05. The topological polar surface area (TPSA) is 87.5 Å². The van der Waals surface area contributed by atoms with Crippen molar-refractivity contribution < 1.29 is 9.47 Å². The third-order valence-electron chi connectivity index (χ3n) is 4.90. The second-order valence-electron chi connectivity index (χ2n) is 6.85. The number of nitrogens with one attached hydrogen (secondary N) is 1. The molecule has 1 aliphatic rings. The van der Waals surface area contributed by atoms with Crippen molar-refractivity contribution in [3.8, 4) is 11.8 Å². The summed E-state index contributed by atoms with van der Waals surface area (Å²) in [7, 11) is 0. The molecular weight excluding hydrogens is 402 g/mol. The molecule has 0 bridgehead atoms. The summed E-state index contributed by atoms with van der Waals surface area (Å²) < 4.78 is 11.2. The van der Waals surface area contributed by atoms with Crippen LogP contribution in [-0.2, 0) is 4.74 Å². The van der Waals surface area contributed by atoms with E-state index in [1.165, 1.54) is 6.40 Å². The third kappa shape index (κ3) is 3.44. The van der Waals surface area contributed by atoms with E-state index in [0.29, 0.717) is 28.5 Å². The lowest BCUT2D eigenvalue weighted by molar-refractivity contribution is 0.336. The van der Waals surface area contributed by atoms with Gasteiger partial charge in [-0.25, -0.2) is 0 Å². The lowest BCUT2D eigenvalue weighted by Crippen LogP contribution is -2.25. The SMILES string of the molecule is CCO/C=N/C1=C(C#N)C(c2ccc(Cl)cc2)c2c(c3cc(C)ccc3[nH]c2=O)O1. The number of H-pyrrole nitrogens is 1. The van der Waals surface area contributed by atoms with Crippen LogP contribution in [0.3, 0.4) is 0 Å². The molecule has 0 saturated carbocycles. The molecule has 0 aliphatic carbocycles. The van der Waals surface area contributed by atoms with Crippen LogP contribution in [0.25, 0.3) is 10.9 Å². The van der Waals surface area contributed by atoms with Gasteiger partial charge in [-0.3, -0.25) is 4.79 Å². The van der Waals surface area contributed by atoms with Crippen molar-refractivity contribution in [2.24, 2.45) is 4.99 Å². The minimum absolute atomic E-state index is 0.104. The number of pyridine rings is 1. The van der Waals surface area contributed by atoms with Crippen LogP contribution in [0, 0.1) is 18.3 Å². The van der Waals surface area contributed by atoms with Gasteiger partial charge in [-0.05, 0) is 43.7 Å². The number of ether oxygens (including phenoxy) is 2. The molecule has 1 aliphatic heterocycles. The summed E-state index contributed by atoms with van der Waals surface area (Å²) in [6.45, 7) is 4.22. The Morgan fingerprint density at radius 2 is 2.07 bits per heavy atom. The molecule has 4 rings (SSSR count). The van der Waals surface area contributed by atoms with Crippen LogP contribution in [0.4, 0.5) is 0 Å². The fourth-order valence-corrected chi connectivity index (χ4v) is 3.67. The summed E-state index contributed by atoms with van der Waals surface area (Å²) in [6, 6.07) is 14.9. The van der Waals surface area contributed by atoms with E-state index < -0.39 is 5.92 Å². The molecule has 6 nitrogen and oxygen atoms in total. The fraction of sp³-hybridized carbons (Fsp3) is 0.174. The highest BCUT2D eigenvalue weighted by Gasteiger charge is 2.35. The molecule has 7 heteroatoms. The van der Waals surface area contributed by atoms with Gasteiger partial charge in [-0.15, -0.1) is 0 Å². The smallest absolute Gasteiger partial charge is 0.256 e. The number of nitriles is 1. The first-order valence-corrected chi connectivity index (χ1v) is 9.79. The van der Waals surface area contributed by atoms with Crippen molar-refractivity contribution in [2.75, 3.05) is 6.61 Å². The Hall–Kier alpha value is -3.56. The van der Waals surface area contributed by atoms with Crippen molar-refractivity contribution in [1.82, 2.24) is 4.98 Å². The molecule has 2 heterocycles. The van der Waals surface area contributed by atoms with Gasteiger partial charge in [0.05, 0.1) is 23.6 Å². The van der Waals surface area contributed by atoms with Gasteiger partial charge in [0.2, 0.25) is 5.88 Å². The molecular formula is C23H18ClN3O3. The van der Waals surface area contributed by atoms with Gasteiger partial charge in [0.1, 0.15) is 17.4 Å². The van der Waals surface area contributed by atoms with E-state index in [0.717, 1.165) is 16.5 Å². The predicted octanol–water partition coefficient (Wildman–Crippen LogP) is 4.81. The van der Waals surface area contributed by atoms with Crippen molar-refractivity contribution in [2.45, 2.75) is 19.8 Å². The van der Waals surface area contributed by atoms with E-state index in [1.54, 1.807) is 24.3 Å². The zero-order valence-corrected chi connectivity index (χ0v) is 17.2. The number of hydrogen-bond donors (Lipinski definition) is 1. The molecule has 30 heavy (non-hydrogen) atoms. The molecule has 0 radical (unpaired) electrons. The zero-order chi connectivity index (χ0) is 21.3.